The number of nitrogens with zero attached hydrogens (tertiary/aromatic N) is 2. The van der Waals surface area contributed by atoms with Crippen molar-refractivity contribution in [2.45, 2.75) is 25.4 Å². The molecule has 132 valence electrons. The number of aryl methyl sites for hydroxylation is 1. The van der Waals surface area contributed by atoms with Gasteiger partial charge in [0, 0.05) is 38.3 Å². The predicted molar refractivity (Wildman–Crippen MR) is 95.6 cm³/mol. The van der Waals surface area contributed by atoms with Crippen LogP contribution >= 0.6 is 0 Å². The molecule has 0 bridgehead atoms. The average molecular weight is 340 g/mol. The zero-order valence-electron chi connectivity index (χ0n) is 14.6. The second kappa shape index (κ2) is 8.62. The second-order valence-corrected chi connectivity index (χ2v) is 6.25. The van der Waals surface area contributed by atoms with Gasteiger partial charge < -0.3 is 14.4 Å². The summed E-state index contributed by atoms with van der Waals surface area (Å²) in [6.45, 7) is 1.92. The van der Waals surface area contributed by atoms with Crippen LogP contribution in [0.5, 0.6) is 5.75 Å². The molecule has 1 aliphatic heterocycles. The van der Waals surface area contributed by atoms with Crippen LogP contribution in [0.3, 0.4) is 0 Å². The SMILES string of the molecule is COc1ccc(CC2CN(C(=O)CCc3cccnc3)CCO2)cc1. The zero-order chi connectivity index (χ0) is 17.5. The monoisotopic (exact) mass is 340 g/mol. The lowest BCUT2D eigenvalue weighted by atomic mass is 10.1. The van der Waals surface area contributed by atoms with Gasteiger partial charge in [-0.2, -0.15) is 0 Å². The minimum atomic E-state index is 0.0458. The van der Waals surface area contributed by atoms with Crippen LogP contribution in [0.4, 0.5) is 0 Å². The molecule has 1 amide bonds. The third kappa shape index (κ3) is 5.03. The van der Waals surface area contributed by atoms with Gasteiger partial charge in [0.2, 0.25) is 5.91 Å². The Morgan fingerprint density at radius 2 is 2.12 bits per heavy atom. The number of aromatic nitrogens is 1. The normalized spacial score (nSPS) is 17.3. The molecule has 0 N–H and O–H groups in total. The number of carbonyl (C=O) groups is 1. The van der Waals surface area contributed by atoms with E-state index < -0.39 is 0 Å². The maximum Gasteiger partial charge on any atom is 0.223 e. The summed E-state index contributed by atoms with van der Waals surface area (Å²) in [6.07, 6.45) is 5.66. The van der Waals surface area contributed by atoms with Crippen LogP contribution in [0.2, 0.25) is 0 Å². The molecule has 2 heterocycles. The lowest BCUT2D eigenvalue weighted by Gasteiger charge is -2.33. The molecule has 2 aromatic rings. The van der Waals surface area contributed by atoms with Gasteiger partial charge in [0.25, 0.3) is 0 Å². The molecule has 0 saturated carbocycles. The fourth-order valence-corrected chi connectivity index (χ4v) is 3.05. The fourth-order valence-electron chi connectivity index (χ4n) is 3.05. The third-order valence-electron chi connectivity index (χ3n) is 4.46. The van der Waals surface area contributed by atoms with Crippen molar-refractivity contribution in [1.29, 1.82) is 0 Å². The van der Waals surface area contributed by atoms with Crippen molar-refractivity contribution in [3.63, 3.8) is 0 Å². The molecule has 1 fully saturated rings. The molecular formula is C20H24N2O3. The summed E-state index contributed by atoms with van der Waals surface area (Å²) in [5.74, 6) is 1.03. The molecule has 1 aromatic heterocycles. The Morgan fingerprint density at radius 3 is 2.84 bits per heavy atom. The highest BCUT2D eigenvalue weighted by molar-refractivity contribution is 5.76. The van der Waals surface area contributed by atoms with Crippen LogP contribution in [-0.4, -0.2) is 48.7 Å². The van der Waals surface area contributed by atoms with Crippen molar-refractivity contribution < 1.29 is 14.3 Å². The second-order valence-electron chi connectivity index (χ2n) is 6.25. The number of hydrogen-bond acceptors (Lipinski definition) is 4. The van der Waals surface area contributed by atoms with Gasteiger partial charge in [-0.25, -0.2) is 0 Å². The number of ether oxygens (including phenoxy) is 2. The molecule has 25 heavy (non-hydrogen) atoms. The molecule has 1 unspecified atom stereocenters. The number of morpholine rings is 1. The summed E-state index contributed by atoms with van der Waals surface area (Å²) >= 11 is 0. The first kappa shape index (κ1) is 17.4. The van der Waals surface area contributed by atoms with E-state index in [0.717, 1.165) is 24.2 Å². The van der Waals surface area contributed by atoms with Crippen molar-refractivity contribution in [1.82, 2.24) is 9.88 Å². The Kier molecular flexibility index (Phi) is 6.01. The van der Waals surface area contributed by atoms with Crippen molar-refractivity contribution in [3.05, 3.63) is 59.9 Å². The first-order valence-electron chi connectivity index (χ1n) is 8.66. The van der Waals surface area contributed by atoms with Gasteiger partial charge >= 0.3 is 0 Å². The smallest absolute Gasteiger partial charge is 0.223 e. The fraction of sp³-hybridized carbons (Fsp3) is 0.400. The summed E-state index contributed by atoms with van der Waals surface area (Å²) < 4.78 is 11.0. The molecule has 5 nitrogen and oxygen atoms in total. The zero-order valence-corrected chi connectivity index (χ0v) is 14.6. The van der Waals surface area contributed by atoms with Crippen LogP contribution in [-0.2, 0) is 22.4 Å². The third-order valence-corrected chi connectivity index (χ3v) is 4.46. The average Bonchev–Trinajstić information content (AvgIpc) is 2.68. The predicted octanol–water partition coefficient (Wildman–Crippen LogP) is 2.49. The Hall–Kier alpha value is -2.40. The highest BCUT2D eigenvalue weighted by Gasteiger charge is 2.24. The molecule has 1 aliphatic rings. The van der Waals surface area contributed by atoms with Crippen molar-refractivity contribution in [2.24, 2.45) is 0 Å². The quantitative estimate of drug-likeness (QED) is 0.811. The van der Waals surface area contributed by atoms with Gasteiger partial charge in [0.05, 0.1) is 19.8 Å². The number of methoxy groups -OCH3 is 1. The Labute approximate surface area is 148 Å². The number of benzene rings is 1. The largest absolute Gasteiger partial charge is 0.497 e. The highest BCUT2D eigenvalue weighted by atomic mass is 16.5. The van der Waals surface area contributed by atoms with E-state index in [1.54, 1.807) is 13.3 Å². The summed E-state index contributed by atoms with van der Waals surface area (Å²) in [5.41, 5.74) is 2.29. The highest BCUT2D eigenvalue weighted by Crippen LogP contribution is 2.16. The Bertz CT molecular complexity index is 673. The summed E-state index contributed by atoms with van der Waals surface area (Å²) in [7, 11) is 1.66. The molecule has 3 rings (SSSR count). The molecular weight excluding hydrogens is 316 g/mol. The van der Waals surface area contributed by atoms with Crippen LogP contribution in [0.25, 0.3) is 0 Å². The van der Waals surface area contributed by atoms with E-state index in [4.69, 9.17) is 9.47 Å². The number of hydrogen-bond donors (Lipinski definition) is 0. The molecule has 0 spiro atoms. The van der Waals surface area contributed by atoms with Gasteiger partial charge in [-0.1, -0.05) is 18.2 Å². The van der Waals surface area contributed by atoms with E-state index in [1.807, 2.05) is 47.5 Å². The maximum atomic E-state index is 12.5. The lowest BCUT2D eigenvalue weighted by molar-refractivity contribution is -0.138. The summed E-state index contributed by atoms with van der Waals surface area (Å²) in [4.78, 5) is 18.5. The van der Waals surface area contributed by atoms with Gasteiger partial charge in [0.15, 0.2) is 0 Å². The van der Waals surface area contributed by atoms with Crippen molar-refractivity contribution >= 4 is 5.91 Å². The Balaban J connectivity index is 1.50. The first-order chi connectivity index (χ1) is 12.2. The van der Waals surface area contributed by atoms with E-state index in [0.29, 0.717) is 26.1 Å². The molecule has 5 heteroatoms. The van der Waals surface area contributed by atoms with E-state index >= 15 is 0 Å². The summed E-state index contributed by atoms with van der Waals surface area (Å²) in [6, 6.07) is 11.9. The van der Waals surface area contributed by atoms with Crippen LogP contribution in [0.15, 0.2) is 48.8 Å². The number of amides is 1. The maximum absolute atomic E-state index is 12.5. The Morgan fingerprint density at radius 1 is 1.28 bits per heavy atom. The molecule has 1 aromatic carbocycles. The van der Waals surface area contributed by atoms with Gasteiger partial charge in [0.1, 0.15) is 5.75 Å². The van der Waals surface area contributed by atoms with Crippen LogP contribution in [0, 0.1) is 0 Å². The lowest BCUT2D eigenvalue weighted by Crippen LogP contribution is -2.46. The van der Waals surface area contributed by atoms with Gasteiger partial charge in [-0.05, 0) is 35.7 Å². The molecule has 0 aliphatic carbocycles. The van der Waals surface area contributed by atoms with Crippen LogP contribution < -0.4 is 4.74 Å². The molecule has 1 atom stereocenters. The van der Waals surface area contributed by atoms with Gasteiger partial charge in [-0.15, -0.1) is 0 Å². The summed E-state index contributed by atoms with van der Waals surface area (Å²) in [5, 5.41) is 0. The first-order valence-corrected chi connectivity index (χ1v) is 8.66. The minimum absolute atomic E-state index is 0.0458. The van der Waals surface area contributed by atoms with E-state index in [1.165, 1.54) is 5.56 Å². The van der Waals surface area contributed by atoms with E-state index in [-0.39, 0.29) is 12.0 Å². The standard InChI is InChI=1S/C20H24N2O3/c1-24-18-7-4-16(5-8-18)13-19-15-22(11-12-25-19)20(23)9-6-17-3-2-10-21-14-17/h2-5,7-8,10,14,19H,6,9,11-13,15H2,1H3. The van der Waals surface area contributed by atoms with Crippen LogP contribution in [0.1, 0.15) is 17.5 Å². The topological polar surface area (TPSA) is 51.7 Å². The minimum Gasteiger partial charge on any atom is -0.497 e. The van der Waals surface area contributed by atoms with Gasteiger partial charge in [-0.3, -0.25) is 9.78 Å². The number of carbonyl (C=O) groups excluding carboxylic acids is 1. The van der Waals surface area contributed by atoms with E-state index in [2.05, 4.69) is 4.98 Å². The molecule has 0 radical (unpaired) electrons. The van der Waals surface area contributed by atoms with Crippen molar-refractivity contribution in [3.8, 4) is 5.75 Å². The van der Waals surface area contributed by atoms with E-state index in [9.17, 15) is 4.79 Å². The van der Waals surface area contributed by atoms with Crippen molar-refractivity contribution in [2.75, 3.05) is 26.8 Å². The number of pyridine rings is 1. The molecule has 1 saturated heterocycles. The number of rotatable bonds is 6.